The van der Waals surface area contributed by atoms with Crippen LogP contribution in [0.15, 0.2) is 109 Å². The fraction of sp³-hybridized carbons (Fsp3) is 0.200. The van der Waals surface area contributed by atoms with Crippen LogP contribution in [0, 0.1) is 0 Å². The minimum Gasteiger partial charge on any atom is -0.465 e. The van der Waals surface area contributed by atoms with Crippen molar-refractivity contribution in [3.05, 3.63) is 132 Å². The Morgan fingerprint density at radius 1 is 0.810 bits per heavy atom. The van der Waals surface area contributed by atoms with Gasteiger partial charge >= 0.3 is 6.09 Å². The standard InChI is InChI=1S/C35H33N3O4/c39-22-25(18-23-10-2-1-3-11-23)37-34(40)33(19-24-20-36-32-17-9-8-12-26(24)32)38(35(41)42)21-31-29-15-6-4-13-27(29)28-14-5-7-16-30(28)31/h1-17,20,25,31,33,36,39H,18-19,21-22H2,(H,37,40)(H,41,42)/t25-,33+/m1/s1. The van der Waals surface area contributed by atoms with E-state index in [0.29, 0.717) is 6.42 Å². The fourth-order valence-electron chi connectivity index (χ4n) is 6.20. The van der Waals surface area contributed by atoms with Crippen molar-refractivity contribution in [3.8, 4) is 11.1 Å². The van der Waals surface area contributed by atoms with Gasteiger partial charge in [0, 0.05) is 36.0 Å². The van der Waals surface area contributed by atoms with Crippen LogP contribution < -0.4 is 5.32 Å². The number of aromatic amines is 1. The summed E-state index contributed by atoms with van der Waals surface area (Å²) in [6.07, 6.45) is 1.29. The van der Waals surface area contributed by atoms with Crippen LogP contribution in [0.4, 0.5) is 4.79 Å². The second-order valence-electron chi connectivity index (χ2n) is 10.8. The van der Waals surface area contributed by atoms with E-state index in [0.717, 1.165) is 44.3 Å². The largest absolute Gasteiger partial charge is 0.465 e. The Labute approximate surface area is 244 Å². The number of H-pyrrole nitrogens is 1. The highest BCUT2D eigenvalue weighted by atomic mass is 16.4. The molecule has 0 aliphatic heterocycles. The van der Waals surface area contributed by atoms with Crippen molar-refractivity contribution >= 4 is 22.9 Å². The van der Waals surface area contributed by atoms with Crippen LogP contribution in [0.1, 0.15) is 28.2 Å². The van der Waals surface area contributed by atoms with Gasteiger partial charge in [0.2, 0.25) is 5.91 Å². The molecule has 7 heteroatoms. The average Bonchev–Trinajstić information content (AvgIpc) is 3.57. The number of hydrogen-bond donors (Lipinski definition) is 4. The molecular weight excluding hydrogens is 526 g/mol. The first-order valence-electron chi connectivity index (χ1n) is 14.2. The van der Waals surface area contributed by atoms with E-state index in [-0.39, 0.29) is 25.5 Å². The normalized spacial score (nSPS) is 13.7. The van der Waals surface area contributed by atoms with E-state index < -0.39 is 24.1 Å². The van der Waals surface area contributed by atoms with E-state index in [4.69, 9.17) is 0 Å². The Kier molecular flexibility index (Phi) is 7.75. The smallest absolute Gasteiger partial charge is 0.408 e. The first kappa shape index (κ1) is 27.3. The van der Waals surface area contributed by atoms with Crippen LogP contribution in [0.25, 0.3) is 22.0 Å². The Balaban J connectivity index is 1.35. The van der Waals surface area contributed by atoms with Gasteiger partial charge in [-0.2, -0.15) is 0 Å². The third-order valence-electron chi connectivity index (χ3n) is 8.25. The van der Waals surface area contributed by atoms with E-state index >= 15 is 0 Å². The van der Waals surface area contributed by atoms with Crippen molar-refractivity contribution in [1.29, 1.82) is 0 Å². The number of aliphatic hydroxyl groups is 1. The number of carboxylic acid groups (broad SMARTS) is 1. The molecule has 0 fully saturated rings. The zero-order valence-corrected chi connectivity index (χ0v) is 23.1. The van der Waals surface area contributed by atoms with E-state index in [2.05, 4.69) is 22.4 Å². The number of nitrogens with one attached hydrogen (secondary N) is 2. The van der Waals surface area contributed by atoms with Crippen molar-refractivity contribution in [2.24, 2.45) is 0 Å². The molecule has 42 heavy (non-hydrogen) atoms. The molecule has 1 aliphatic carbocycles. The van der Waals surface area contributed by atoms with E-state index in [9.17, 15) is 19.8 Å². The summed E-state index contributed by atoms with van der Waals surface area (Å²) in [4.78, 5) is 31.5. The molecular formula is C35H33N3O4. The Morgan fingerprint density at radius 2 is 1.43 bits per heavy atom. The number of hydrogen-bond acceptors (Lipinski definition) is 3. The lowest BCUT2D eigenvalue weighted by Gasteiger charge is -2.32. The van der Waals surface area contributed by atoms with Gasteiger partial charge in [-0.15, -0.1) is 0 Å². The van der Waals surface area contributed by atoms with Gasteiger partial charge in [0.25, 0.3) is 0 Å². The highest BCUT2D eigenvalue weighted by Gasteiger charge is 2.37. The molecule has 4 aromatic carbocycles. The van der Waals surface area contributed by atoms with Crippen LogP contribution in [-0.2, 0) is 17.6 Å². The first-order chi connectivity index (χ1) is 20.5. The van der Waals surface area contributed by atoms with Crippen LogP contribution in [-0.4, -0.2) is 57.3 Å². The van der Waals surface area contributed by atoms with Gasteiger partial charge in [-0.05, 0) is 45.9 Å². The SMILES string of the molecule is O=C(N[C@@H](CO)Cc1ccccc1)[C@H](Cc1c[nH]c2ccccc12)N(CC1c2ccccc2-c2ccccc21)C(=O)O. The summed E-state index contributed by atoms with van der Waals surface area (Å²) < 4.78 is 0. The topological polar surface area (TPSA) is 106 Å². The second-order valence-corrected chi connectivity index (χ2v) is 10.8. The maximum atomic E-state index is 14.0. The van der Waals surface area contributed by atoms with E-state index in [1.807, 2.05) is 97.2 Å². The first-order valence-corrected chi connectivity index (χ1v) is 14.2. The predicted octanol–water partition coefficient (Wildman–Crippen LogP) is 5.59. The molecule has 1 heterocycles. The van der Waals surface area contributed by atoms with Crippen LogP contribution in [0.3, 0.4) is 0 Å². The molecule has 1 aliphatic rings. The van der Waals surface area contributed by atoms with Crippen molar-refractivity contribution in [2.75, 3.05) is 13.2 Å². The minimum absolute atomic E-state index is 0.117. The van der Waals surface area contributed by atoms with Gasteiger partial charge in [0.1, 0.15) is 6.04 Å². The van der Waals surface area contributed by atoms with Gasteiger partial charge in [-0.3, -0.25) is 9.69 Å². The molecule has 212 valence electrons. The molecule has 2 amide bonds. The molecule has 0 saturated carbocycles. The fourth-order valence-corrected chi connectivity index (χ4v) is 6.20. The summed E-state index contributed by atoms with van der Waals surface area (Å²) in [7, 11) is 0. The summed E-state index contributed by atoms with van der Waals surface area (Å²) in [6.45, 7) is -0.150. The molecule has 1 aromatic heterocycles. The third-order valence-corrected chi connectivity index (χ3v) is 8.25. The lowest BCUT2D eigenvalue weighted by molar-refractivity contribution is -0.127. The van der Waals surface area contributed by atoms with Crippen LogP contribution >= 0.6 is 0 Å². The van der Waals surface area contributed by atoms with Crippen molar-refractivity contribution in [1.82, 2.24) is 15.2 Å². The third kappa shape index (κ3) is 5.39. The number of fused-ring (bicyclic) bond motifs is 4. The maximum absolute atomic E-state index is 14.0. The number of aliphatic hydroxyl groups excluding tert-OH is 1. The highest BCUT2D eigenvalue weighted by molar-refractivity contribution is 5.88. The summed E-state index contributed by atoms with van der Waals surface area (Å²) in [6, 6.07) is 31.9. The molecule has 5 aromatic rings. The van der Waals surface area contributed by atoms with Crippen molar-refractivity contribution < 1.29 is 19.8 Å². The van der Waals surface area contributed by atoms with E-state index in [1.54, 1.807) is 0 Å². The van der Waals surface area contributed by atoms with Gasteiger partial charge in [-0.1, -0.05) is 97.1 Å². The number of para-hydroxylation sites is 1. The molecule has 4 N–H and O–H groups in total. The van der Waals surface area contributed by atoms with Crippen molar-refractivity contribution in [3.63, 3.8) is 0 Å². The molecule has 0 unspecified atom stereocenters. The molecule has 6 rings (SSSR count). The molecule has 0 spiro atoms. The maximum Gasteiger partial charge on any atom is 0.408 e. The summed E-state index contributed by atoms with van der Waals surface area (Å²) in [5.74, 6) is -0.651. The second kappa shape index (κ2) is 11.9. The number of benzene rings is 4. The van der Waals surface area contributed by atoms with Crippen LogP contribution in [0.2, 0.25) is 0 Å². The van der Waals surface area contributed by atoms with Gasteiger partial charge in [0.05, 0.1) is 12.6 Å². The molecule has 0 radical (unpaired) electrons. The van der Waals surface area contributed by atoms with Gasteiger partial charge in [0.15, 0.2) is 0 Å². The quantitative estimate of drug-likeness (QED) is 0.179. The van der Waals surface area contributed by atoms with Crippen LogP contribution in [0.5, 0.6) is 0 Å². The lowest BCUT2D eigenvalue weighted by Crippen LogP contribution is -2.54. The summed E-state index contributed by atoms with van der Waals surface area (Å²) >= 11 is 0. The molecule has 2 atom stereocenters. The molecule has 0 saturated heterocycles. The number of aromatic nitrogens is 1. The van der Waals surface area contributed by atoms with E-state index in [1.165, 1.54) is 4.90 Å². The summed E-state index contributed by atoms with van der Waals surface area (Å²) in [5, 5.41) is 24.7. The highest BCUT2D eigenvalue weighted by Crippen LogP contribution is 2.45. The minimum atomic E-state index is -1.17. The Hall–Kier alpha value is -4.88. The lowest BCUT2D eigenvalue weighted by atomic mass is 9.94. The molecule has 7 nitrogen and oxygen atoms in total. The monoisotopic (exact) mass is 559 g/mol. The molecule has 0 bridgehead atoms. The number of nitrogens with zero attached hydrogens (tertiary/aromatic N) is 1. The zero-order valence-electron chi connectivity index (χ0n) is 23.1. The zero-order chi connectivity index (χ0) is 29.1. The number of rotatable bonds is 10. The number of amides is 2. The van der Waals surface area contributed by atoms with Gasteiger partial charge in [-0.25, -0.2) is 4.79 Å². The average molecular weight is 560 g/mol. The Morgan fingerprint density at radius 3 is 2.10 bits per heavy atom. The van der Waals surface area contributed by atoms with Gasteiger partial charge < -0.3 is 20.5 Å². The van der Waals surface area contributed by atoms with Crippen molar-refractivity contribution in [2.45, 2.75) is 30.8 Å². The number of carbonyl (C=O) groups is 2. The Bertz CT molecular complexity index is 1670. The number of carbonyl (C=O) groups excluding carboxylic acids is 1. The predicted molar refractivity (Wildman–Crippen MR) is 163 cm³/mol. The summed E-state index contributed by atoms with van der Waals surface area (Å²) in [5.41, 5.74) is 7.02.